The zero-order valence-corrected chi connectivity index (χ0v) is 11.7. The lowest BCUT2D eigenvalue weighted by molar-refractivity contribution is 0.473. The van der Waals surface area contributed by atoms with Crippen LogP contribution in [0.2, 0.25) is 0 Å². The van der Waals surface area contributed by atoms with Crippen LogP contribution in [0.5, 0.6) is 5.75 Å². The number of rotatable bonds is 3. The van der Waals surface area contributed by atoms with Gasteiger partial charge in [0.1, 0.15) is 11.6 Å². The summed E-state index contributed by atoms with van der Waals surface area (Å²) in [5.74, 6) is 0.507. The number of aromatic hydroxyl groups is 1. The molecule has 19 heavy (non-hydrogen) atoms. The molecule has 2 N–H and O–H groups in total. The van der Waals surface area contributed by atoms with Gasteiger partial charge in [-0.3, -0.25) is 4.72 Å². The van der Waals surface area contributed by atoms with Crippen molar-refractivity contribution in [2.24, 2.45) is 7.05 Å². The van der Waals surface area contributed by atoms with Crippen molar-refractivity contribution in [1.29, 1.82) is 0 Å². The minimum absolute atomic E-state index is 0.0755. The molecule has 0 radical (unpaired) electrons. The van der Waals surface area contributed by atoms with Crippen LogP contribution < -0.4 is 4.72 Å². The van der Waals surface area contributed by atoms with Crippen LogP contribution in [0.15, 0.2) is 29.4 Å². The third-order valence-corrected chi connectivity index (χ3v) is 4.08. The maximum absolute atomic E-state index is 12.1. The van der Waals surface area contributed by atoms with E-state index in [0.29, 0.717) is 11.4 Å². The second kappa shape index (κ2) is 4.58. The highest BCUT2D eigenvalue weighted by molar-refractivity contribution is 7.92. The van der Waals surface area contributed by atoms with Gasteiger partial charge in [0.05, 0.1) is 5.69 Å². The molecule has 1 aromatic heterocycles. The fraction of sp³-hybridized carbons (Fsp3) is 0.250. The molecule has 1 aromatic carbocycles. The first-order valence-electron chi connectivity index (χ1n) is 5.62. The number of anilines is 1. The van der Waals surface area contributed by atoms with Crippen LogP contribution in [0, 0.1) is 13.8 Å². The third-order valence-electron chi connectivity index (χ3n) is 2.84. The summed E-state index contributed by atoms with van der Waals surface area (Å²) in [5.41, 5.74) is 0.737. The summed E-state index contributed by atoms with van der Waals surface area (Å²) >= 11 is 0. The highest BCUT2D eigenvalue weighted by Gasteiger charge is 2.20. The summed E-state index contributed by atoms with van der Waals surface area (Å²) in [5, 5.41) is 9.74. The molecule has 0 fully saturated rings. The molecule has 2 rings (SSSR count). The molecular formula is C12H15N3O3S. The maximum Gasteiger partial charge on any atom is 0.281 e. The van der Waals surface area contributed by atoms with Crippen molar-refractivity contribution in [2.45, 2.75) is 18.9 Å². The minimum atomic E-state index is -3.80. The molecule has 0 bridgehead atoms. The van der Waals surface area contributed by atoms with E-state index in [9.17, 15) is 13.5 Å². The Morgan fingerprint density at radius 3 is 2.58 bits per heavy atom. The number of benzene rings is 1. The number of nitrogens with one attached hydrogen (secondary N) is 1. The number of sulfonamides is 1. The van der Waals surface area contributed by atoms with Crippen molar-refractivity contribution in [3.8, 4) is 5.75 Å². The molecular weight excluding hydrogens is 266 g/mol. The van der Waals surface area contributed by atoms with E-state index in [0.717, 1.165) is 0 Å². The smallest absolute Gasteiger partial charge is 0.281 e. The third kappa shape index (κ3) is 2.55. The summed E-state index contributed by atoms with van der Waals surface area (Å²) < 4.78 is 28.2. The van der Waals surface area contributed by atoms with Gasteiger partial charge in [-0.25, -0.2) is 4.98 Å². The van der Waals surface area contributed by atoms with Gasteiger partial charge < -0.3 is 9.67 Å². The zero-order valence-electron chi connectivity index (χ0n) is 10.9. The van der Waals surface area contributed by atoms with Crippen molar-refractivity contribution in [3.63, 3.8) is 0 Å². The number of para-hydroxylation sites is 1. The lowest BCUT2D eigenvalue weighted by atomic mass is 10.2. The minimum Gasteiger partial charge on any atom is -0.505 e. The van der Waals surface area contributed by atoms with Gasteiger partial charge >= 0.3 is 0 Å². The fourth-order valence-electron chi connectivity index (χ4n) is 1.59. The van der Waals surface area contributed by atoms with E-state index in [-0.39, 0.29) is 16.5 Å². The van der Waals surface area contributed by atoms with Crippen LogP contribution in [-0.4, -0.2) is 23.1 Å². The first-order valence-corrected chi connectivity index (χ1v) is 7.11. The number of phenolic OH excluding ortho intramolecular Hbond substituents is 1. The van der Waals surface area contributed by atoms with E-state index in [1.54, 1.807) is 37.6 Å². The molecule has 0 amide bonds. The Balaban J connectivity index is 2.39. The highest BCUT2D eigenvalue weighted by atomic mass is 32.2. The number of hydrogen-bond acceptors (Lipinski definition) is 4. The van der Waals surface area contributed by atoms with Gasteiger partial charge in [0.2, 0.25) is 0 Å². The van der Waals surface area contributed by atoms with Crippen LogP contribution in [0.3, 0.4) is 0 Å². The summed E-state index contributed by atoms with van der Waals surface area (Å²) in [4.78, 5) is 3.96. The second-order valence-electron chi connectivity index (χ2n) is 4.31. The van der Waals surface area contributed by atoms with E-state index >= 15 is 0 Å². The number of aryl methyl sites for hydroxylation is 3. The molecule has 0 saturated heterocycles. The lowest BCUT2D eigenvalue weighted by Crippen LogP contribution is -2.13. The fourth-order valence-corrected chi connectivity index (χ4v) is 2.70. The molecule has 2 aromatic rings. The van der Waals surface area contributed by atoms with Gasteiger partial charge in [0, 0.05) is 13.2 Å². The average Bonchev–Trinajstić information content (AvgIpc) is 2.66. The van der Waals surface area contributed by atoms with Crippen molar-refractivity contribution in [3.05, 3.63) is 35.8 Å². The largest absolute Gasteiger partial charge is 0.505 e. The van der Waals surface area contributed by atoms with Crippen molar-refractivity contribution in [1.82, 2.24) is 9.55 Å². The van der Waals surface area contributed by atoms with Gasteiger partial charge in [-0.2, -0.15) is 8.42 Å². The van der Waals surface area contributed by atoms with E-state index < -0.39 is 10.0 Å². The molecule has 0 atom stereocenters. The molecule has 0 saturated carbocycles. The number of imidazole rings is 1. The van der Waals surface area contributed by atoms with Crippen LogP contribution in [0.25, 0.3) is 0 Å². The first-order chi connectivity index (χ1) is 8.81. The number of nitrogens with zero attached hydrogens (tertiary/aromatic N) is 2. The second-order valence-corrected chi connectivity index (χ2v) is 5.94. The van der Waals surface area contributed by atoms with E-state index in [1.807, 2.05) is 0 Å². The SMILES string of the molecule is Cc1cccc(NS(=O)(=O)c2cn(C)c(C)n2)c1O. The van der Waals surface area contributed by atoms with Gasteiger partial charge in [-0.15, -0.1) is 0 Å². The van der Waals surface area contributed by atoms with E-state index in [1.165, 1.54) is 12.3 Å². The molecule has 0 spiro atoms. The molecule has 0 aliphatic carbocycles. The van der Waals surface area contributed by atoms with Crippen molar-refractivity contribution < 1.29 is 13.5 Å². The van der Waals surface area contributed by atoms with Crippen LogP contribution in [0.4, 0.5) is 5.69 Å². The normalized spacial score (nSPS) is 11.5. The van der Waals surface area contributed by atoms with E-state index in [2.05, 4.69) is 9.71 Å². The molecule has 6 nitrogen and oxygen atoms in total. The molecule has 102 valence electrons. The Bertz CT molecular complexity index is 700. The van der Waals surface area contributed by atoms with Gasteiger partial charge in [0.25, 0.3) is 10.0 Å². The predicted octanol–water partition coefficient (Wildman–Crippen LogP) is 1.54. The topological polar surface area (TPSA) is 84.2 Å². The summed E-state index contributed by atoms with van der Waals surface area (Å²) in [6.07, 6.45) is 1.42. The number of aromatic nitrogens is 2. The number of phenols is 1. The Morgan fingerprint density at radius 1 is 1.32 bits per heavy atom. The predicted molar refractivity (Wildman–Crippen MR) is 71.6 cm³/mol. The van der Waals surface area contributed by atoms with E-state index in [4.69, 9.17) is 0 Å². The quantitative estimate of drug-likeness (QED) is 0.836. The van der Waals surface area contributed by atoms with Gasteiger partial charge in [0.15, 0.2) is 5.03 Å². The average molecular weight is 281 g/mol. The molecule has 7 heteroatoms. The lowest BCUT2D eigenvalue weighted by Gasteiger charge is -2.09. The number of hydrogen-bond donors (Lipinski definition) is 2. The molecule has 1 heterocycles. The van der Waals surface area contributed by atoms with Gasteiger partial charge in [-0.1, -0.05) is 12.1 Å². The Hall–Kier alpha value is -2.02. The Morgan fingerprint density at radius 2 is 2.00 bits per heavy atom. The zero-order chi connectivity index (χ0) is 14.2. The Labute approximate surface area is 111 Å². The molecule has 0 unspecified atom stereocenters. The summed E-state index contributed by atoms with van der Waals surface area (Å²) in [6.45, 7) is 3.40. The van der Waals surface area contributed by atoms with Crippen molar-refractivity contribution >= 4 is 15.7 Å². The Kier molecular flexibility index (Phi) is 3.23. The highest BCUT2D eigenvalue weighted by Crippen LogP contribution is 2.28. The van der Waals surface area contributed by atoms with Crippen LogP contribution in [0.1, 0.15) is 11.4 Å². The first kappa shape index (κ1) is 13.4. The summed E-state index contributed by atoms with van der Waals surface area (Å²) in [7, 11) is -2.08. The van der Waals surface area contributed by atoms with Crippen LogP contribution >= 0.6 is 0 Å². The maximum atomic E-state index is 12.1. The monoisotopic (exact) mass is 281 g/mol. The molecule has 0 aliphatic rings. The standard InChI is InChI=1S/C12H15N3O3S/c1-8-5-4-6-10(12(8)16)14-19(17,18)11-7-15(3)9(2)13-11/h4-7,14,16H,1-3H3. The van der Waals surface area contributed by atoms with Crippen LogP contribution in [-0.2, 0) is 17.1 Å². The summed E-state index contributed by atoms with van der Waals surface area (Å²) in [6, 6.07) is 4.85. The molecule has 0 aliphatic heterocycles. The van der Waals surface area contributed by atoms with Crippen molar-refractivity contribution in [2.75, 3.05) is 4.72 Å². The van der Waals surface area contributed by atoms with Gasteiger partial charge in [-0.05, 0) is 25.5 Å².